The van der Waals surface area contributed by atoms with Crippen LogP contribution in [0.3, 0.4) is 0 Å². The van der Waals surface area contributed by atoms with Gasteiger partial charge in [-0.3, -0.25) is 4.90 Å². The number of benzene rings is 1. The molecule has 124 valence electrons. The number of aromatic nitrogens is 2. The first-order valence-corrected chi connectivity index (χ1v) is 9.34. The molecule has 8 heteroatoms. The van der Waals surface area contributed by atoms with Crippen LogP contribution < -0.4 is 5.32 Å². The van der Waals surface area contributed by atoms with E-state index < -0.39 is 0 Å². The van der Waals surface area contributed by atoms with Crippen LogP contribution in [0.5, 0.6) is 0 Å². The van der Waals surface area contributed by atoms with Crippen LogP contribution >= 0.6 is 23.1 Å². The Hall–Kier alpha value is -1.22. The van der Waals surface area contributed by atoms with Gasteiger partial charge in [-0.15, -0.1) is 10.2 Å². The molecule has 0 unspecified atom stereocenters. The van der Waals surface area contributed by atoms with Crippen molar-refractivity contribution in [3.63, 3.8) is 0 Å². The fourth-order valence-corrected chi connectivity index (χ4v) is 4.02. The highest BCUT2D eigenvalue weighted by atomic mass is 32.2. The molecule has 23 heavy (non-hydrogen) atoms. The monoisotopic (exact) mass is 354 g/mol. The summed E-state index contributed by atoms with van der Waals surface area (Å²) in [4.78, 5) is 2.41. The van der Waals surface area contributed by atoms with Crippen LogP contribution in [0.15, 0.2) is 28.6 Å². The van der Waals surface area contributed by atoms with E-state index in [-0.39, 0.29) is 5.82 Å². The molecule has 1 aliphatic rings. The Labute approximate surface area is 143 Å². The zero-order valence-electron chi connectivity index (χ0n) is 12.7. The maximum absolute atomic E-state index is 12.9. The first-order valence-electron chi connectivity index (χ1n) is 7.54. The normalized spacial score (nSPS) is 15.7. The predicted octanol–water partition coefficient (Wildman–Crippen LogP) is 2.71. The lowest BCUT2D eigenvalue weighted by molar-refractivity contribution is 0.0410. The van der Waals surface area contributed by atoms with Gasteiger partial charge in [0.15, 0.2) is 4.34 Å². The van der Waals surface area contributed by atoms with Crippen LogP contribution in [-0.2, 0) is 11.3 Å². The van der Waals surface area contributed by atoms with E-state index in [4.69, 9.17) is 4.74 Å². The zero-order chi connectivity index (χ0) is 15.9. The molecule has 0 radical (unpaired) electrons. The van der Waals surface area contributed by atoms with E-state index >= 15 is 0 Å². The van der Waals surface area contributed by atoms with Crippen molar-refractivity contribution in [1.29, 1.82) is 0 Å². The minimum absolute atomic E-state index is 0.219. The molecule has 0 atom stereocenters. The molecule has 1 aromatic heterocycles. The van der Waals surface area contributed by atoms with Gasteiger partial charge in [0.05, 0.1) is 13.2 Å². The number of rotatable bonds is 7. The molecule has 1 N–H and O–H groups in total. The van der Waals surface area contributed by atoms with Crippen molar-refractivity contribution < 1.29 is 9.13 Å². The van der Waals surface area contributed by atoms with Crippen molar-refractivity contribution in [3.05, 3.63) is 35.6 Å². The van der Waals surface area contributed by atoms with Crippen LogP contribution in [0, 0.1) is 5.82 Å². The van der Waals surface area contributed by atoms with Crippen LogP contribution in [0.25, 0.3) is 0 Å². The fraction of sp³-hybridized carbons (Fsp3) is 0.467. The van der Waals surface area contributed by atoms with Crippen molar-refractivity contribution in [2.45, 2.75) is 10.9 Å². The van der Waals surface area contributed by atoms with E-state index in [9.17, 15) is 4.39 Å². The molecule has 1 aromatic carbocycles. The minimum atomic E-state index is -0.219. The third kappa shape index (κ3) is 5.42. The second-order valence-electron chi connectivity index (χ2n) is 5.16. The van der Waals surface area contributed by atoms with E-state index in [1.165, 1.54) is 12.1 Å². The standard InChI is InChI=1S/C15H19FN4OS2/c16-13-3-1-12(2-4-13)11-17-14-18-19-15(23-14)22-10-7-20-5-8-21-9-6-20/h1-4H,5-11H2,(H,17,18). The number of nitrogens with zero attached hydrogens (tertiary/aromatic N) is 3. The molecule has 3 rings (SSSR count). The van der Waals surface area contributed by atoms with Crippen molar-refractivity contribution in [2.24, 2.45) is 0 Å². The number of thioether (sulfide) groups is 1. The van der Waals surface area contributed by atoms with Gasteiger partial charge in [-0.25, -0.2) is 4.39 Å². The van der Waals surface area contributed by atoms with Gasteiger partial charge in [0, 0.05) is 31.9 Å². The van der Waals surface area contributed by atoms with Crippen molar-refractivity contribution >= 4 is 28.2 Å². The van der Waals surface area contributed by atoms with Gasteiger partial charge >= 0.3 is 0 Å². The number of hydrogen-bond acceptors (Lipinski definition) is 7. The second-order valence-corrected chi connectivity index (χ2v) is 7.48. The van der Waals surface area contributed by atoms with E-state index in [1.54, 1.807) is 35.2 Å². The molecule has 1 saturated heterocycles. The molecule has 0 amide bonds. The second kappa shape index (κ2) is 8.58. The van der Waals surface area contributed by atoms with Gasteiger partial charge in [0.2, 0.25) is 5.13 Å². The molecule has 1 aliphatic heterocycles. The molecule has 0 saturated carbocycles. The van der Waals surface area contributed by atoms with E-state index in [2.05, 4.69) is 20.4 Å². The molecule has 0 aliphatic carbocycles. The van der Waals surface area contributed by atoms with Gasteiger partial charge in [-0.05, 0) is 17.7 Å². The Kier molecular flexibility index (Phi) is 6.21. The molecule has 1 fully saturated rings. The molecular weight excluding hydrogens is 335 g/mol. The Morgan fingerprint density at radius 3 is 2.78 bits per heavy atom. The summed E-state index contributed by atoms with van der Waals surface area (Å²) in [5.74, 6) is 0.788. The lowest BCUT2D eigenvalue weighted by Gasteiger charge is -2.25. The topological polar surface area (TPSA) is 50.3 Å². The van der Waals surface area contributed by atoms with Crippen molar-refractivity contribution in [1.82, 2.24) is 15.1 Å². The van der Waals surface area contributed by atoms with Gasteiger partial charge in [-0.2, -0.15) is 0 Å². The lowest BCUT2D eigenvalue weighted by atomic mass is 10.2. The number of ether oxygens (including phenoxy) is 1. The smallest absolute Gasteiger partial charge is 0.206 e. The summed E-state index contributed by atoms with van der Waals surface area (Å²) >= 11 is 3.29. The molecule has 5 nitrogen and oxygen atoms in total. The Morgan fingerprint density at radius 1 is 1.22 bits per heavy atom. The van der Waals surface area contributed by atoms with Gasteiger partial charge in [0.25, 0.3) is 0 Å². The summed E-state index contributed by atoms with van der Waals surface area (Å²) in [5.41, 5.74) is 1.02. The Bertz CT molecular complexity index is 602. The highest BCUT2D eigenvalue weighted by molar-refractivity contribution is 8.01. The maximum Gasteiger partial charge on any atom is 0.206 e. The summed E-state index contributed by atoms with van der Waals surface area (Å²) in [6.07, 6.45) is 0. The third-order valence-electron chi connectivity index (χ3n) is 3.50. The summed E-state index contributed by atoms with van der Waals surface area (Å²) in [6, 6.07) is 6.46. The van der Waals surface area contributed by atoms with Crippen LogP contribution in [0.4, 0.5) is 9.52 Å². The van der Waals surface area contributed by atoms with Crippen LogP contribution in [0.2, 0.25) is 0 Å². The molecule has 0 bridgehead atoms. The summed E-state index contributed by atoms with van der Waals surface area (Å²) in [7, 11) is 0. The lowest BCUT2D eigenvalue weighted by Crippen LogP contribution is -2.37. The molecule has 0 spiro atoms. The summed E-state index contributed by atoms with van der Waals surface area (Å²) in [6.45, 7) is 5.36. The van der Waals surface area contributed by atoms with E-state index in [0.29, 0.717) is 6.54 Å². The minimum Gasteiger partial charge on any atom is -0.379 e. The average Bonchev–Trinajstić information content (AvgIpc) is 3.03. The van der Waals surface area contributed by atoms with Crippen LogP contribution in [-0.4, -0.2) is 53.7 Å². The van der Waals surface area contributed by atoms with Gasteiger partial charge in [-0.1, -0.05) is 35.2 Å². The highest BCUT2D eigenvalue weighted by Crippen LogP contribution is 2.25. The first-order chi connectivity index (χ1) is 11.3. The SMILES string of the molecule is Fc1ccc(CNc2nnc(SCCN3CCOCC3)s2)cc1. The van der Waals surface area contributed by atoms with Crippen LogP contribution in [0.1, 0.15) is 5.56 Å². The maximum atomic E-state index is 12.9. The molecule has 2 heterocycles. The summed E-state index contributed by atoms with van der Waals surface area (Å²) in [5, 5.41) is 12.4. The van der Waals surface area contributed by atoms with Crippen molar-refractivity contribution in [3.8, 4) is 0 Å². The third-order valence-corrected chi connectivity index (χ3v) is 5.49. The number of morpholine rings is 1. The van der Waals surface area contributed by atoms with Gasteiger partial charge < -0.3 is 10.1 Å². The Morgan fingerprint density at radius 2 is 2.00 bits per heavy atom. The number of anilines is 1. The highest BCUT2D eigenvalue weighted by Gasteiger charge is 2.11. The average molecular weight is 354 g/mol. The number of halogens is 1. The predicted molar refractivity (Wildman–Crippen MR) is 91.6 cm³/mol. The Balaban J connectivity index is 1.39. The summed E-state index contributed by atoms with van der Waals surface area (Å²) < 4.78 is 19.2. The fourth-order valence-electron chi connectivity index (χ4n) is 2.21. The number of hydrogen-bond donors (Lipinski definition) is 1. The zero-order valence-corrected chi connectivity index (χ0v) is 14.3. The van der Waals surface area contributed by atoms with E-state index in [0.717, 1.165) is 53.6 Å². The largest absolute Gasteiger partial charge is 0.379 e. The van der Waals surface area contributed by atoms with E-state index in [1.807, 2.05) is 0 Å². The molecular formula is C15H19FN4OS2. The quantitative estimate of drug-likeness (QED) is 0.772. The number of nitrogens with one attached hydrogen (secondary N) is 1. The molecule has 2 aromatic rings. The van der Waals surface area contributed by atoms with Gasteiger partial charge in [0.1, 0.15) is 5.82 Å². The first kappa shape index (κ1) is 16.6. The van der Waals surface area contributed by atoms with Crippen molar-refractivity contribution in [2.75, 3.05) is 43.9 Å².